The molecule has 0 heterocycles. The van der Waals surface area contributed by atoms with Crippen molar-refractivity contribution < 1.29 is 19.5 Å². The Bertz CT molecular complexity index is 353. The number of carbonyl (C=O) groups excluding carboxylic acids is 1. The third kappa shape index (κ3) is 6.86. The molecule has 6 heteroatoms. The summed E-state index contributed by atoms with van der Waals surface area (Å²) in [5.41, 5.74) is -0.991. The molecule has 0 aliphatic heterocycles. The molecule has 1 atom stereocenters. The standard InChI is InChI=1S/C12H19NO5/c1-5-6-7-8-11(14)12(3,4)18-10(2)9-17-13(15)16/h10H,7-9H2,1-4H3. The second-order valence-corrected chi connectivity index (χ2v) is 4.31. The molecule has 0 aromatic rings. The Balaban J connectivity index is 4.21. The van der Waals surface area contributed by atoms with Crippen LogP contribution in [0.3, 0.4) is 0 Å². The molecule has 0 fully saturated rings. The number of hydrogen-bond donors (Lipinski definition) is 0. The second kappa shape index (κ2) is 7.67. The van der Waals surface area contributed by atoms with Crippen LogP contribution in [0.4, 0.5) is 0 Å². The normalized spacial score (nSPS) is 12.2. The lowest BCUT2D eigenvalue weighted by atomic mass is 9.99. The fraction of sp³-hybridized carbons (Fsp3) is 0.750. The Morgan fingerprint density at radius 3 is 2.61 bits per heavy atom. The summed E-state index contributed by atoms with van der Waals surface area (Å²) in [6.45, 7) is 6.40. The molecule has 0 amide bonds. The third-order valence-electron chi connectivity index (χ3n) is 2.24. The third-order valence-corrected chi connectivity index (χ3v) is 2.24. The van der Waals surface area contributed by atoms with Gasteiger partial charge in [-0.3, -0.25) is 4.79 Å². The zero-order valence-corrected chi connectivity index (χ0v) is 11.2. The molecule has 6 nitrogen and oxygen atoms in total. The molecule has 0 aliphatic rings. The van der Waals surface area contributed by atoms with E-state index in [0.717, 1.165) is 0 Å². The molecule has 102 valence electrons. The average molecular weight is 257 g/mol. The maximum Gasteiger partial charge on any atom is 0.294 e. The monoisotopic (exact) mass is 257 g/mol. The molecule has 0 saturated heterocycles. The molecule has 0 aromatic heterocycles. The van der Waals surface area contributed by atoms with Crippen molar-refractivity contribution in [2.45, 2.75) is 52.2 Å². The molecular formula is C12H19NO5. The van der Waals surface area contributed by atoms with Crippen molar-refractivity contribution in [3.63, 3.8) is 0 Å². The summed E-state index contributed by atoms with van der Waals surface area (Å²) in [5, 5.41) is 9.14. The van der Waals surface area contributed by atoms with Crippen LogP contribution in [0.5, 0.6) is 0 Å². The number of ketones is 1. The Morgan fingerprint density at radius 2 is 2.11 bits per heavy atom. The van der Waals surface area contributed by atoms with Gasteiger partial charge in [0.25, 0.3) is 5.09 Å². The quantitative estimate of drug-likeness (QED) is 0.376. The van der Waals surface area contributed by atoms with E-state index in [1.807, 2.05) is 0 Å². The highest BCUT2D eigenvalue weighted by atomic mass is 17.0. The predicted octanol–water partition coefficient (Wildman–Crippen LogP) is 1.75. The molecule has 0 bridgehead atoms. The van der Waals surface area contributed by atoms with Crippen LogP contribution < -0.4 is 0 Å². The lowest BCUT2D eigenvalue weighted by Crippen LogP contribution is -2.39. The maximum absolute atomic E-state index is 11.8. The molecule has 1 unspecified atom stereocenters. The van der Waals surface area contributed by atoms with Crippen LogP contribution in [0.2, 0.25) is 0 Å². The zero-order chi connectivity index (χ0) is 14.2. The molecule has 18 heavy (non-hydrogen) atoms. The molecular weight excluding hydrogens is 238 g/mol. The summed E-state index contributed by atoms with van der Waals surface area (Å²) < 4.78 is 5.45. The van der Waals surface area contributed by atoms with Gasteiger partial charge < -0.3 is 9.57 Å². The highest BCUT2D eigenvalue weighted by Gasteiger charge is 2.29. The number of rotatable bonds is 8. The fourth-order valence-corrected chi connectivity index (χ4v) is 1.37. The van der Waals surface area contributed by atoms with Gasteiger partial charge in [-0.15, -0.1) is 22.0 Å². The smallest absolute Gasteiger partial charge is 0.294 e. The Morgan fingerprint density at radius 1 is 1.50 bits per heavy atom. The van der Waals surface area contributed by atoms with Crippen molar-refractivity contribution in [3.05, 3.63) is 10.1 Å². The minimum Gasteiger partial charge on any atom is -0.363 e. The van der Waals surface area contributed by atoms with E-state index in [1.165, 1.54) is 0 Å². The molecule has 0 aliphatic carbocycles. The van der Waals surface area contributed by atoms with Crippen LogP contribution >= 0.6 is 0 Å². The van der Waals surface area contributed by atoms with Crippen LogP contribution in [0, 0.1) is 22.0 Å². The topological polar surface area (TPSA) is 78.7 Å². The van der Waals surface area contributed by atoms with E-state index in [9.17, 15) is 14.9 Å². The van der Waals surface area contributed by atoms with Gasteiger partial charge in [-0.2, -0.15) is 0 Å². The van der Waals surface area contributed by atoms with E-state index in [4.69, 9.17) is 4.74 Å². The molecule has 0 radical (unpaired) electrons. The number of nitrogens with zero attached hydrogens (tertiary/aromatic N) is 1. The highest BCUT2D eigenvalue weighted by molar-refractivity contribution is 5.86. The number of ether oxygens (including phenoxy) is 1. The predicted molar refractivity (Wildman–Crippen MR) is 65.3 cm³/mol. The van der Waals surface area contributed by atoms with Crippen LogP contribution in [-0.2, 0) is 14.4 Å². The minimum absolute atomic E-state index is 0.0850. The first-order valence-corrected chi connectivity index (χ1v) is 5.67. The van der Waals surface area contributed by atoms with Crippen LogP contribution in [0.15, 0.2) is 0 Å². The SMILES string of the molecule is CC#CCCC(=O)C(C)(C)OC(C)CO[N+](=O)[O-]. The summed E-state index contributed by atoms with van der Waals surface area (Å²) in [6, 6.07) is 0. The van der Waals surface area contributed by atoms with Gasteiger partial charge in [0, 0.05) is 12.8 Å². The molecule has 0 saturated carbocycles. The van der Waals surface area contributed by atoms with Crippen molar-refractivity contribution >= 4 is 5.78 Å². The lowest BCUT2D eigenvalue weighted by molar-refractivity contribution is -0.759. The van der Waals surface area contributed by atoms with E-state index >= 15 is 0 Å². The molecule has 0 aromatic carbocycles. The summed E-state index contributed by atoms with van der Waals surface area (Å²) in [7, 11) is 0. The first kappa shape index (κ1) is 16.4. The highest BCUT2D eigenvalue weighted by Crippen LogP contribution is 2.16. The van der Waals surface area contributed by atoms with Gasteiger partial charge in [-0.25, -0.2) is 0 Å². The summed E-state index contributed by atoms with van der Waals surface area (Å²) >= 11 is 0. The van der Waals surface area contributed by atoms with Crippen molar-refractivity contribution in [1.29, 1.82) is 0 Å². The maximum atomic E-state index is 11.8. The fourth-order valence-electron chi connectivity index (χ4n) is 1.37. The first-order valence-electron chi connectivity index (χ1n) is 5.67. The van der Waals surface area contributed by atoms with E-state index in [1.54, 1.807) is 27.7 Å². The van der Waals surface area contributed by atoms with E-state index < -0.39 is 16.8 Å². The van der Waals surface area contributed by atoms with Gasteiger partial charge in [0.05, 0.1) is 6.10 Å². The van der Waals surface area contributed by atoms with Gasteiger partial charge in [-0.05, 0) is 27.7 Å². The Kier molecular flexibility index (Phi) is 6.98. The largest absolute Gasteiger partial charge is 0.363 e. The van der Waals surface area contributed by atoms with Gasteiger partial charge in [0.15, 0.2) is 5.78 Å². The average Bonchev–Trinajstić information content (AvgIpc) is 2.26. The molecule has 0 rings (SSSR count). The molecule has 0 N–H and O–H groups in total. The number of Topliss-reactive ketones (excluding diaryl/α,β-unsaturated/α-hetero) is 1. The number of hydrogen-bond acceptors (Lipinski definition) is 5. The molecule has 0 spiro atoms. The Hall–Kier alpha value is -1.61. The van der Waals surface area contributed by atoms with Crippen molar-refractivity contribution in [2.24, 2.45) is 0 Å². The van der Waals surface area contributed by atoms with Crippen LogP contribution in [0.25, 0.3) is 0 Å². The summed E-state index contributed by atoms with van der Waals surface area (Å²) in [4.78, 5) is 26.1. The second-order valence-electron chi connectivity index (χ2n) is 4.31. The van der Waals surface area contributed by atoms with E-state index in [-0.39, 0.29) is 12.4 Å². The van der Waals surface area contributed by atoms with E-state index in [0.29, 0.717) is 12.8 Å². The minimum atomic E-state index is -0.991. The number of carbonyl (C=O) groups is 1. The van der Waals surface area contributed by atoms with Crippen molar-refractivity contribution in [3.8, 4) is 11.8 Å². The Labute approximate surface area is 107 Å². The van der Waals surface area contributed by atoms with Gasteiger partial charge in [0.2, 0.25) is 0 Å². The van der Waals surface area contributed by atoms with Crippen LogP contribution in [0.1, 0.15) is 40.5 Å². The summed E-state index contributed by atoms with van der Waals surface area (Å²) in [6.07, 6.45) is 0.255. The van der Waals surface area contributed by atoms with Crippen molar-refractivity contribution in [1.82, 2.24) is 0 Å². The van der Waals surface area contributed by atoms with Gasteiger partial charge in [-0.1, -0.05) is 0 Å². The van der Waals surface area contributed by atoms with E-state index in [2.05, 4.69) is 16.7 Å². The lowest BCUT2D eigenvalue weighted by Gasteiger charge is -2.27. The zero-order valence-electron chi connectivity index (χ0n) is 11.2. The summed E-state index contributed by atoms with van der Waals surface area (Å²) in [5.74, 6) is 5.43. The van der Waals surface area contributed by atoms with Gasteiger partial charge >= 0.3 is 0 Å². The van der Waals surface area contributed by atoms with Crippen LogP contribution in [-0.4, -0.2) is 29.2 Å². The van der Waals surface area contributed by atoms with Gasteiger partial charge in [0.1, 0.15) is 12.2 Å². The first-order chi connectivity index (χ1) is 8.29. The van der Waals surface area contributed by atoms with Crippen molar-refractivity contribution in [2.75, 3.05) is 6.61 Å².